The molecule has 0 saturated carbocycles. The van der Waals surface area contributed by atoms with Crippen molar-refractivity contribution in [1.29, 1.82) is 0 Å². The van der Waals surface area contributed by atoms with Gasteiger partial charge < -0.3 is 9.22 Å². The van der Waals surface area contributed by atoms with Crippen molar-refractivity contribution in [3.63, 3.8) is 0 Å². The third kappa shape index (κ3) is 2.65. The summed E-state index contributed by atoms with van der Waals surface area (Å²) in [6.07, 6.45) is 0.958. The van der Waals surface area contributed by atoms with Crippen LogP contribution in [-0.2, 0) is 9.22 Å². The molecule has 0 spiro atoms. The van der Waals surface area contributed by atoms with Gasteiger partial charge in [-0.1, -0.05) is 20.8 Å². The van der Waals surface area contributed by atoms with Gasteiger partial charge in [-0.25, -0.2) is 0 Å². The predicted octanol–water partition coefficient (Wildman–Crippen LogP) is 1.55. The fraction of sp³-hybridized carbons (Fsp3) is 0.900. The molecule has 0 aromatic heterocycles. The van der Waals surface area contributed by atoms with E-state index in [1.54, 1.807) is 0 Å². The lowest BCUT2D eigenvalue weighted by Gasteiger charge is -2.36. The van der Waals surface area contributed by atoms with Gasteiger partial charge in [-0.3, -0.25) is 5.32 Å². The Bertz CT molecular complexity index is 223. The Kier molecular flexibility index (Phi) is 3.19. The molecule has 1 heterocycles. The van der Waals surface area contributed by atoms with Gasteiger partial charge in [0.25, 0.3) is 0 Å². The van der Waals surface area contributed by atoms with Crippen molar-refractivity contribution < 1.29 is 9.22 Å². The first-order valence-electron chi connectivity index (χ1n) is 5.13. The van der Waals surface area contributed by atoms with E-state index in [4.69, 9.17) is 4.43 Å². The molecule has 1 aliphatic heterocycles. The molecule has 82 valence electrons. The summed E-state index contributed by atoms with van der Waals surface area (Å²) in [6.45, 7) is 11.8. The second kappa shape index (κ2) is 3.75. The molecule has 1 N–H and O–H groups in total. The van der Waals surface area contributed by atoms with Crippen LogP contribution in [0.25, 0.3) is 0 Å². The molecule has 1 saturated heterocycles. The van der Waals surface area contributed by atoms with Gasteiger partial charge in [-0.15, -0.1) is 0 Å². The average molecular weight is 215 g/mol. The monoisotopic (exact) mass is 215 g/mol. The van der Waals surface area contributed by atoms with Crippen LogP contribution in [0.4, 0.5) is 0 Å². The van der Waals surface area contributed by atoms with Crippen LogP contribution in [0.3, 0.4) is 0 Å². The SMILES string of the molecule is CC(C)(C)[Si](C)(C)OCC1NC1C=O. The molecule has 2 atom stereocenters. The van der Waals surface area contributed by atoms with Gasteiger partial charge in [0.2, 0.25) is 0 Å². The van der Waals surface area contributed by atoms with Crippen LogP contribution < -0.4 is 5.32 Å². The van der Waals surface area contributed by atoms with Gasteiger partial charge in [-0.05, 0) is 18.1 Å². The molecule has 3 nitrogen and oxygen atoms in total. The molecule has 14 heavy (non-hydrogen) atoms. The molecule has 0 aromatic rings. The topological polar surface area (TPSA) is 48.2 Å². The Balaban J connectivity index is 2.34. The van der Waals surface area contributed by atoms with Gasteiger partial charge in [0.15, 0.2) is 8.32 Å². The summed E-state index contributed by atoms with van der Waals surface area (Å²) in [6, 6.07) is 0.307. The van der Waals surface area contributed by atoms with E-state index in [1.165, 1.54) is 0 Å². The number of carbonyl (C=O) groups excluding carboxylic acids is 1. The van der Waals surface area contributed by atoms with Crippen molar-refractivity contribution in [2.45, 2.75) is 51.0 Å². The average Bonchev–Trinajstić information content (AvgIpc) is 2.77. The Morgan fingerprint density at radius 2 is 2.00 bits per heavy atom. The lowest BCUT2D eigenvalue weighted by Crippen LogP contribution is -2.41. The van der Waals surface area contributed by atoms with E-state index in [0.717, 1.165) is 6.29 Å². The third-order valence-corrected chi connectivity index (χ3v) is 7.81. The quantitative estimate of drug-likeness (QED) is 0.440. The first kappa shape index (κ1) is 11.9. The first-order chi connectivity index (χ1) is 6.28. The highest BCUT2D eigenvalue weighted by Gasteiger charge is 2.41. The summed E-state index contributed by atoms with van der Waals surface area (Å²) in [7, 11) is -1.63. The lowest BCUT2D eigenvalue weighted by atomic mass is 10.2. The molecule has 0 radical (unpaired) electrons. The highest BCUT2D eigenvalue weighted by molar-refractivity contribution is 6.74. The second-order valence-corrected chi connectivity index (χ2v) is 10.3. The van der Waals surface area contributed by atoms with Crippen molar-refractivity contribution in [2.24, 2.45) is 0 Å². The normalized spacial score (nSPS) is 27.5. The fourth-order valence-corrected chi connectivity index (χ4v) is 2.02. The van der Waals surface area contributed by atoms with Crippen LogP contribution >= 0.6 is 0 Å². The zero-order chi connectivity index (χ0) is 11.0. The highest BCUT2D eigenvalue weighted by atomic mass is 28.4. The van der Waals surface area contributed by atoms with Gasteiger partial charge >= 0.3 is 0 Å². The van der Waals surface area contributed by atoms with E-state index in [-0.39, 0.29) is 17.1 Å². The van der Waals surface area contributed by atoms with Gasteiger partial charge in [-0.2, -0.15) is 0 Å². The summed E-state index contributed by atoms with van der Waals surface area (Å²) in [5.74, 6) is 0. The standard InChI is InChI=1S/C10H21NO2Si/c1-10(2,3)14(4,5)13-7-9-8(6-12)11-9/h6,8-9,11H,7H2,1-5H3. The van der Waals surface area contributed by atoms with Gasteiger partial charge in [0, 0.05) is 0 Å². The van der Waals surface area contributed by atoms with E-state index in [1.807, 2.05) is 0 Å². The van der Waals surface area contributed by atoms with Crippen LogP contribution in [0.5, 0.6) is 0 Å². The maximum Gasteiger partial charge on any atom is 0.192 e. The Labute approximate surface area is 87.3 Å². The van der Waals surface area contributed by atoms with Gasteiger partial charge in [0.05, 0.1) is 18.7 Å². The van der Waals surface area contributed by atoms with Crippen molar-refractivity contribution in [3.8, 4) is 0 Å². The molecule has 1 fully saturated rings. The summed E-state index contributed by atoms with van der Waals surface area (Å²) in [5, 5.41) is 3.32. The van der Waals surface area contributed by atoms with Crippen LogP contribution in [0.2, 0.25) is 18.1 Å². The minimum absolute atomic E-state index is 0.0415. The number of hydrogen-bond acceptors (Lipinski definition) is 3. The molecule has 2 unspecified atom stereocenters. The Hall–Kier alpha value is -0.193. The molecule has 0 aromatic carbocycles. The molecule has 4 heteroatoms. The van der Waals surface area contributed by atoms with Crippen LogP contribution in [-0.4, -0.2) is 33.3 Å². The molecule has 1 rings (SSSR count). The van der Waals surface area contributed by atoms with Crippen molar-refractivity contribution in [1.82, 2.24) is 5.32 Å². The van der Waals surface area contributed by atoms with E-state index < -0.39 is 8.32 Å². The zero-order valence-corrected chi connectivity index (χ0v) is 10.8. The summed E-state index contributed by atoms with van der Waals surface area (Å²) in [5.41, 5.74) is 0. The Morgan fingerprint density at radius 1 is 1.43 bits per heavy atom. The summed E-state index contributed by atoms with van der Waals surface area (Å²) >= 11 is 0. The van der Waals surface area contributed by atoms with E-state index in [9.17, 15) is 4.79 Å². The molecular weight excluding hydrogens is 194 g/mol. The number of rotatable bonds is 4. The molecule has 1 aliphatic rings. The van der Waals surface area contributed by atoms with E-state index >= 15 is 0 Å². The highest BCUT2D eigenvalue weighted by Crippen LogP contribution is 2.36. The van der Waals surface area contributed by atoms with Crippen LogP contribution in [0.1, 0.15) is 20.8 Å². The number of nitrogens with one attached hydrogen (secondary N) is 1. The summed E-state index contributed by atoms with van der Waals surface area (Å²) < 4.78 is 5.97. The van der Waals surface area contributed by atoms with E-state index in [0.29, 0.717) is 6.61 Å². The third-order valence-electron chi connectivity index (χ3n) is 3.31. The molecular formula is C10H21NO2Si. The number of aldehydes is 1. The van der Waals surface area contributed by atoms with Crippen LogP contribution in [0, 0.1) is 0 Å². The second-order valence-electron chi connectivity index (χ2n) is 5.51. The van der Waals surface area contributed by atoms with Crippen molar-refractivity contribution in [2.75, 3.05) is 6.61 Å². The van der Waals surface area contributed by atoms with Gasteiger partial charge in [0.1, 0.15) is 6.29 Å². The lowest BCUT2D eigenvalue weighted by molar-refractivity contribution is -0.107. The first-order valence-corrected chi connectivity index (χ1v) is 8.04. The molecule has 0 aliphatic carbocycles. The number of hydrogen-bond donors (Lipinski definition) is 1. The molecule has 0 bridgehead atoms. The van der Waals surface area contributed by atoms with Crippen molar-refractivity contribution >= 4 is 14.6 Å². The predicted molar refractivity (Wildman–Crippen MR) is 59.9 cm³/mol. The summed E-state index contributed by atoms with van der Waals surface area (Å²) in [4.78, 5) is 10.4. The molecule has 0 amide bonds. The Morgan fingerprint density at radius 3 is 2.36 bits per heavy atom. The minimum atomic E-state index is -1.63. The smallest absolute Gasteiger partial charge is 0.192 e. The van der Waals surface area contributed by atoms with E-state index in [2.05, 4.69) is 39.2 Å². The maximum atomic E-state index is 10.4. The van der Waals surface area contributed by atoms with Crippen molar-refractivity contribution in [3.05, 3.63) is 0 Å². The zero-order valence-electron chi connectivity index (χ0n) is 9.76. The fourth-order valence-electron chi connectivity index (χ4n) is 0.992. The maximum absolute atomic E-state index is 10.4. The van der Waals surface area contributed by atoms with Crippen LogP contribution in [0.15, 0.2) is 0 Å². The minimum Gasteiger partial charge on any atom is -0.415 e. The largest absolute Gasteiger partial charge is 0.415 e. The number of carbonyl (C=O) groups is 1.